The topological polar surface area (TPSA) is 67.2 Å². The second-order valence-electron chi connectivity index (χ2n) is 12.1. The van der Waals surface area contributed by atoms with Crippen LogP contribution < -0.4 is 0 Å². The van der Waals surface area contributed by atoms with Crippen LogP contribution >= 0.6 is 45.3 Å². The number of hydrogen-bond donors (Lipinski definition) is 3. The van der Waals surface area contributed by atoms with Gasteiger partial charge in [0.1, 0.15) is 17.0 Å². The van der Waals surface area contributed by atoms with Gasteiger partial charge in [-0.3, -0.25) is 9.80 Å². The van der Waals surface area contributed by atoms with E-state index < -0.39 is 11.2 Å². The monoisotopic (exact) mass is 662 g/mol. The maximum absolute atomic E-state index is 12.4. The van der Waals surface area contributed by atoms with Crippen LogP contribution in [0.3, 0.4) is 0 Å². The van der Waals surface area contributed by atoms with Gasteiger partial charge >= 0.3 is 0 Å². The first-order valence-corrected chi connectivity index (χ1v) is 18.8. The fraction of sp³-hybridized carbons (Fsp3) is 0.371. The second-order valence-corrected chi connectivity index (χ2v) is 15.9. The molecule has 0 radical (unpaired) electrons. The lowest BCUT2D eigenvalue weighted by atomic mass is 9.88. The quantitative estimate of drug-likeness (QED) is 0.143. The van der Waals surface area contributed by atoms with Gasteiger partial charge in [-0.15, -0.1) is 45.3 Å². The van der Waals surface area contributed by atoms with Crippen molar-refractivity contribution in [3.8, 4) is 5.75 Å². The third-order valence-electron chi connectivity index (χ3n) is 9.44. The van der Waals surface area contributed by atoms with Crippen molar-refractivity contribution in [2.24, 2.45) is 0 Å². The summed E-state index contributed by atoms with van der Waals surface area (Å²) in [5.41, 5.74) is 0.733. The Morgan fingerprint density at radius 2 is 1.02 bits per heavy atom. The van der Waals surface area contributed by atoms with Gasteiger partial charge in [-0.2, -0.15) is 0 Å². The summed E-state index contributed by atoms with van der Waals surface area (Å²) >= 11 is 6.42. The van der Waals surface area contributed by atoms with Crippen molar-refractivity contribution < 1.29 is 15.3 Å². The summed E-state index contributed by atoms with van der Waals surface area (Å²) in [4.78, 5) is 8.60. The van der Waals surface area contributed by atoms with Crippen molar-refractivity contribution in [3.63, 3.8) is 0 Å². The van der Waals surface area contributed by atoms with Crippen LogP contribution in [0, 0.1) is 6.92 Å². The van der Waals surface area contributed by atoms with Gasteiger partial charge in [0, 0.05) is 55.8 Å². The van der Waals surface area contributed by atoms with E-state index in [0.29, 0.717) is 18.8 Å². The van der Waals surface area contributed by atoms with Crippen LogP contribution in [0.2, 0.25) is 0 Å². The molecule has 5 aromatic rings. The van der Waals surface area contributed by atoms with Crippen molar-refractivity contribution >= 4 is 45.3 Å². The van der Waals surface area contributed by atoms with Gasteiger partial charge in [0.05, 0.1) is 0 Å². The molecule has 0 aliphatic carbocycles. The van der Waals surface area contributed by atoms with Crippen molar-refractivity contribution in [2.45, 2.75) is 69.0 Å². The van der Waals surface area contributed by atoms with E-state index in [4.69, 9.17) is 0 Å². The molecule has 2 saturated heterocycles. The molecule has 230 valence electrons. The Morgan fingerprint density at radius 1 is 0.659 bits per heavy atom. The average Bonchev–Trinajstić information content (AvgIpc) is 3.87. The number of rotatable bonds is 10. The van der Waals surface area contributed by atoms with Gasteiger partial charge < -0.3 is 15.3 Å². The highest BCUT2D eigenvalue weighted by Gasteiger charge is 2.48. The van der Waals surface area contributed by atoms with E-state index in [0.717, 1.165) is 75.0 Å². The molecule has 0 bridgehead atoms. The SMILES string of the molecule is Cc1cc(CN2CCCC2C(O)(c2cccs2)c2cccs2)c(O)c(CN2CCCC2C(O)(c2cccs2)c2cccs2)c1. The number of phenols is 1. The molecule has 44 heavy (non-hydrogen) atoms. The zero-order valence-electron chi connectivity index (χ0n) is 24.8. The number of thiophene rings is 4. The number of hydrogen-bond acceptors (Lipinski definition) is 9. The van der Waals surface area contributed by atoms with E-state index in [1.165, 1.54) is 0 Å². The summed E-state index contributed by atoms with van der Waals surface area (Å²) in [5.74, 6) is 0.332. The number of nitrogens with zero attached hydrogens (tertiary/aromatic N) is 2. The van der Waals surface area contributed by atoms with E-state index in [1.807, 2.05) is 70.1 Å². The lowest BCUT2D eigenvalue weighted by Gasteiger charge is -2.39. The molecular formula is C35H38N2O3S4. The Labute approximate surface area is 275 Å². The summed E-state index contributed by atoms with van der Waals surface area (Å²) < 4.78 is 0. The zero-order chi connectivity index (χ0) is 30.3. The van der Waals surface area contributed by atoms with E-state index in [1.54, 1.807) is 45.3 Å². The largest absolute Gasteiger partial charge is 0.507 e. The van der Waals surface area contributed by atoms with Crippen molar-refractivity contribution in [1.82, 2.24) is 9.80 Å². The minimum atomic E-state index is -1.09. The Morgan fingerprint density at radius 3 is 1.34 bits per heavy atom. The highest BCUT2D eigenvalue weighted by atomic mass is 32.1. The summed E-state index contributed by atoms with van der Waals surface area (Å²) in [6.45, 7) is 4.98. The van der Waals surface area contributed by atoms with Crippen molar-refractivity contribution in [2.75, 3.05) is 13.1 Å². The van der Waals surface area contributed by atoms with E-state index in [9.17, 15) is 15.3 Å². The van der Waals surface area contributed by atoms with Gasteiger partial charge in [0.25, 0.3) is 0 Å². The summed E-state index contributed by atoms with van der Waals surface area (Å²) in [5, 5.41) is 44.7. The van der Waals surface area contributed by atoms with Gasteiger partial charge in [-0.1, -0.05) is 42.0 Å². The molecule has 2 atom stereocenters. The molecule has 2 aliphatic rings. The number of aryl methyl sites for hydroxylation is 1. The van der Waals surface area contributed by atoms with E-state index in [-0.39, 0.29) is 12.1 Å². The van der Waals surface area contributed by atoms with Gasteiger partial charge in [-0.05, 0) is 91.5 Å². The third kappa shape index (κ3) is 5.31. The van der Waals surface area contributed by atoms with Gasteiger partial charge in [0.15, 0.2) is 0 Å². The van der Waals surface area contributed by atoms with Gasteiger partial charge in [-0.25, -0.2) is 0 Å². The Balaban J connectivity index is 1.18. The van der Waals surface area contributed by atoms with E-state index >= 15 is 0 Å². The highest BCUT2D eigenvalue weighted by molar-refractivity contribution is 7.12. The molecule has 0 spiro atoms. The van der Waals surface area contributed by atoms with Crippen molar-refractivity contribution in [3.05, 3.63) is 118 Å². The zero-order valence-corrected chi connectivity index (χ0v) is 28.0. The molecule has 2 unspecified atom stereocenters. The summed E-state index contributed by atoms with van der Waals surface area (Å²) in [6, 6.07) is 20.3. The molecule has 7 rings (SSSR count). The van der Waals surface area contributed by atoms with Crippen LogP contribution in [-0.2, 0) is 24.3 Å². The number of likely N-dealkylation sites (tertiary alicyclic amines) is 2. The highest BCUT2D eigenvalue weighted by Crippen LogP contribution is 2.46. The predicted octanol–water partition coefficient (Wildman–Crippen LogP) is 7.75. The molecule has 2 aliphatic heterocycles. The molecule has 0 amide bonds. The first kappa shape index (κ1) is 30.3. The molecule has 9 heteroatoms. The number of aromatic hydroxyl groups is 1. The fourth-order valence-corrected chi connectivity index (χ4v) is 11.1. The lowest BCUT2D eigenvalue weighted by Crippen LogP contribution is -2.47. The first-order chi connectivity index (χ1) is 21.4. The Bertz CT molecular complexity index is 1460. The van der Waals surface area contributed by atoms with E-state index in [2.05, 4.69) is 28.9 Å². The summed E-state index contributed by atoms with van der Waals surface area (Å²) in [6.07, 6.45) is 3.79. The Kier molecular flexibility index (Phi) is 8.58. The minimum absolute atomic E-state index is 0.0854. The molecular weight excluding hydrogens is 625 g/mol. The van der Waals surface area contributed by atoms with Crippen LogP contribution in [0.5, 0.6) is 5.75 Å². The Hall–Kier alpha value is -2.34. The molecule has 5 nitrogen and oxygen atoms in total. The van der Waals surface area contributed by atoms with Crippen LogP contribution in [0.4, 0.5) is 0 Å². The molecule has 3 N–H and O–H groups in total. The number of benzene rings is 1. The smallest absolute Gasteiger partial charge is 0.148 e. The first-order valence-electron chi connectivity index (χ1n) is 15.3. The van der Waals surface area contributed by atoms with Gasteiger partial charge in [0.2, 0.25) is 0 Å². The number of phenolic OH excluding ortho intramolecular Hbond substituents is 1. The van der Waals surface area contributed by atoms with Crippen LogP contribution in [-0.4, -0.2) is 50.3 Å². The van der Waals surface area contributed by atoms with Crippen molar-refractivity contribution in [1.29, 1.82) is 0 Å². The molecule has 1 aromatic carbocycles. The standard InChI is InChI=1S/C35H38N2O3S4/c1-24-20-25(22-36-14-2-8-27(36)34(39,29-10-4-16-41-29)30-11-5-17-42-30)33(38)26(21-24)23-37-15-3-9-28(37)35(40,31-12-6-18-43-31)32-13-7-19-44-32/h4-7,10-13,16-21,27-28,38-40H,2-3,8-9,14-15,22-23H2,1H3. The average molecular weight is 663 g/mol. The molecule has 0 saturated carbocycles. The maximum atomic E-state index is 12.4. The molecule has 2 fully saturated rings. The second kappa shape index (κ2) is 12.5. The fourth-order valence-electron chi connectivity index (χ4n) is 7.47. The van der Waals surface area contributed by atoms with Crippen LogP contribution in [0.25, 0.3) is 0 Å². The molecule has 6 heterocycles. The third-order valence-corrected chi connectivity index (χ3v) is 13.4. The number of aliphatic hydroxyl groups is 2. The maximum Gasteiger partial charge on any atom is 0.148 e. The minimum Gasteiger partial charge on any atom is -0.507 e. The normalized spacial score (nSPS) is 20.2. The lowest BCUT2D eigenvalue weighted by molar-refractivity contribution is -0.00159. The predicted molar refractivity (Wildman–Crippen MR) is 183 cm³/mol. The van der Waals surface area contributed by atoms with Crippen LogP contribution in [0.1, 0.15) is 61.9 Å². The molecule has 4 aromatic heterocycles. The summed E-state index contributed by atoms with van der Waals surface area (Å²) in [7, 11) is 0. The van der Waals surface area contributed by atoms with Crippen LogP contribution in [0.15, 0.2) is 82.2 Å².